The van der Waals surface area contributed by atoms with Crippen molar-refractivity contribution in [3.8, 4) is 16.8 Å². The third-order valence-electron chi connectivity index (χ3n) is 5.09. The molecule has 0 unspecified atom stereocenters. The lowest BCUT2D eigenvalue weighted by atomic mass is 10.0. The molecule has 4 rings (SSSR count). The highest BCUT2D eigenvalue weighted by Gasteiger charge is 2.22. The molecule has 0 saturated heterocycles. The van der Waals surface area contributed by atoms with E-state index in [1.165, 1.54) is 28.9 Å². The van der Waals surface area contributed by atoms with E-state index in [-0.39, 0.29) is 22.5 Å². The number of anilines is 1. The molecule has 0 radical (unpaired) electrons. The van der Waals surface area contributed by atoms with Crippen molar-refractivity contribution in [2.45, 2.75) is 13.8 Å². The number of aryl methyl sites for hydroxylation is 2. The van der Waals surface area contributed by atoms with Crippen LogP contribution in [0.3, 0.4) is 0 Å². The minimum atomic E-state index is -0.414. The highest BCUT2D eigenvalue weighted by Crippen LogP contribution is 2.32. The fourth-order valence-electron chi connectivity index (χ4n) is 3.44. The van der Waals surface area contributed by atoms with Gasteiger partial charge in [-0.15, -0.1) is 0 Å². The summed E-state index contributed by atoms with van der Waals surface area (Å²) in [6, 6.07) is 19.6. The molecule has 1 amide bonds. The molecule has 1 aromatic heterocycles. The lowest BCUT2D eigenvalue weighted by Crippen LogP contribution is -2.25. The topological polar surface area (TPSA) is 64.0 Å². The average molecular weight is 448 g/mol. The first-order valence-electron chi connectivity index (χ1n) is 9.88. The Morgan fingerprint density at radius 3 is 2.31 bits per heavy atom. The van der Waals surface area contributed by atoms with Gasteiger partial charge in [0, 0.05) is 16.1 Å². The molecule has 0 bridgehead atoms. The Labute approximate surface area is 189 Å². The molecule has 160 valence electrons. The Hall–Kier alpha value is -3.77. The third kappa shape index (κ3) is 4.05. The highest BCUT2D eigenvalue weighted by atomic mass is 35.5. The van der Waals surface area contributed by atoms with Crippen LogP contribution < -0.4 is 10.7 Å². The van der Waals surface area contributed by atoms with Gasteiger partial charge in [0.1, 0.15) is 17.3 Å². The van der Waals surface area contributed by atoms with Crippen LogP contribution in [0.5, 0.6) is 0 Å². The van der Waals surface area contributed by atoms with Crippen LogP contribution >= 0.6 is 11.6 Å². The van der Waals surface area contributed by atoms with Gasteiger partial charge in [-0.2, -0.15) is 5.10 Å². The average Bonchev–Trinajstić information content (AvgIpc) is 2.78. The number of rotatable bonds is 4. The Morgan fingerprint density at radius 1 is 0.969 bits per heavy atom. The summed E-state index contributed by atoms with van der Waals surface area (Å²) in [5, 5.41) is 7.59. The van der Waals surface area contributed by atoms with Crippen molar-refractivity contribution in [2.75, 3.05) is 5.32 Å². The summed E-state index contributed by atoms with van der Waals surface area (Å²) in [7, 11) is 0. The third-order valence-corrected chi connectivity index (χ3v) is 5.42. The zero-order chi connectivity index (χ0) is 22.8. The van der Waals surface area contributed by atoms with Gasteiger partial charge >= 0.3 is 0 Å². The minimum absolute atomic E-state index is 0.147. The first kappa shape index (κ1) is 21.5. The SMILES string of the molecule is Cc1ccccc1C(=O)Nc1c(-c2ccccc2Cl)c(=O)c(C)nn1-c1ccc(F)cc1. The van der Waals surface area contributed by atoms with Crippen LogP contribution in [0.4, 0.5) is 10.2 Å². The van der Waals surface area contributed by atoms with Crippen molar-refractivity contribution < 1.29 is 9.18 Å². The van der Waals surface area contributed by atoms with Crippen LogP contribution in [-0.4, -0.2) is 15.7 Å². The van der Waals surface area contributed by atoms with Gasteiger partial charge in [-0.25, -0.2) is 9.07 Å². The molecule has 0 fully saturated rings. The predicted molar refractivity (Wildman–Crippen MR) is 124 cm³/mol. The van der Waals surface area contributed by atoms with Crippen molar-refractivity contribution in [3.63, 3.8) is 0 Å². The van der Waals surface area contributed by atoms with Crippen LogP contribution in [0, 0.1) is 19.7 Å². The number of carbonyl (C=O) groups is 1. The summed E-state index contributed by atoms with van der Waals surface area (Å²) in [5.41, 5.74) is 2.21. The van der Waals surface area contributed by atoms with Crippen molar-refractivity contribution in [1.29, 1.82) is 0 Å². The fraction of sp³-hybridized carbons (Fsp3) is 0.0800. The highest BCUT2D eigenvalue weighted by molar-refractivity contribution is 6.33. The zero-order valence-corrected chi connectivity index (χ0v) is 18.2. The van der Waals surface area contributed by atoms with Crippen LogP contribution in [0.15, 0.2) is 77.6 Å². The van der Waals surface area contributed by atoms with Crippen molar-refractivity contribution >= 4 is 23.3 Å². The predicted octanol–water partition coefficient (Wildman–Crippen LogP) is 5.56. The molecule has 4 aromatic rings. The largest absolute Gasteiger partial charge is 0.306 e. The fourth-order valence-corrected chi connectivity index (χ4v) is 3.67. The number of hydrogen-bond acceptors (Lipinski definition) is 3. The van der Waals surface area contributed by atoms with Gasteiger partial charge in [-0.1, -0.05) is 48.0 Å². The molecule has 1 N–H and O–H groups in total. The number of carbonyl (C=O) groups excluding carboxylic acids is 1. The van der Waals surface area contributed by atoms with Crippen molar-refractivity contribution in [1.82, 2.24) is 9.78 Å². The molecule has 0 aliphatic heterocycles. The summed E-state index contributed by atoms with van der Waals surface area (Å²) in [6.45, 7) is 3.40. The summed E-state index contributed by atoms with van der Waals surface area (Å²) in [6.07, 6.45) is 0. The van der Waals surface area contributed by atoms with Crippen molar-refractivity contribution in [3.05, 3.63) is 111 Å². The maximum absolute atomic E-state index is 13.6. The second kappa shape index (κ2) is 8.77. The Bertz CT molecular complexity index is 1380. The molecule has 5 nitrogen and oxygen atoms in total. The lowest BCUT2D eigenvalue weighted by Gasteiger charge is -2.19. The molecule has 0 aliphatic carbocycles. The van der Waals surface area contributed by atoms with E-state index in [9.17, 15) is 14.0 Å². The molecule has 1 heterocycles. The summed E-state index contributed by atoms with van der Waals surface area (Å²) < 4.78 is 15.0. The Balaban J connectivity index is 2.00. The van der Waals surface area contributed by atoms with Gasteiger partial charge in [0.05, 0.1) is 11.3 Å². The van der Waals surface area contributed by atoms with Crippen LogP contribution in [0.2, 0.25) is 5.02 Å². The minimum Gasteiger partial charge on any atom is -0.306 e. The second-order valence-electron chi connectivity index (χ2n) is 7.28. The molecular formula is C25H19ClFN3O2. The number of aromatic nitrogens is 2. The van der Waals surface area contributed by atoms with E-state index in [0.717, 1.165) is 5.56 Å². The van der Waals surface area contributed by atoms with E-state index in [1.807, 2.05) is 19.1 Å². The van der Waals surface area contributed by atoms with Gasteiger partial charge in [-0.05, 0) is 55.8 Å². The van der Waals surface area contributed by atoms with E-state index >= 15 is 0 Å². The molecule has 0 saturated carbocycles. The number of nitrogens with zero attached hydrogens (tertiary/aromatic N) is 2. The van der Waals surface area contributed by atoms with Gasteiger partial charge in [0.15, 0.2) is 0 Å². The molecule has 3 aromatic carbocycles. The summed E-state index contributed by atoms with van der Waals surface area (Å²) in [4.78, 5) is 26.4. The molecule has 0 spiro atoms. The molecule has 0 atom stereocenters. The van der Waals surface area contributed by atoms with E-state index in [2.05, 4.69) is 10.4 Å². The van der Waals surface area contributed by atoms with Crippen LogP contribution in [-0.2, 0) is 0 Å². The quantitative estimate of drug-likeness (QED) is 0.445. The Morgan fingerprint density at radius 2 is 1.62 bits per heavy atom. The molecular weight excluding hydrogens is 429 g/mol. The summed E-state index contributed by atoms with van der Waals surface area (Å²) in [5.74, 6) is -0.672. The van der Waals surface area contributed by atoms with Gasteiger partial charge in [0.2, 0.25) is 5.43 Å². The standard InChI is InChI=1S/C25H19ClFN3O2/c1-15-7-3-4-8-19(15)25(32)28-24-22(20-9-5-6-10-21(20)26)23(31)16(2)29-30(24)18-13-11-17(27)12-14-18/h3-14H,1-2H3,(H,28,32). The van der Waals surface area contributed by atoms with Gasteiger partial charge in [-0.3, -0.25) is 9.59 Å². The van der Waals surface area contributed by atoms with Crippen LogP contribution in [0.1, 0.15) is 21.6 Å². The second-order valence-corrected chi connectivity index (χ2v) is 7.68. The maximum Gasteiger partial charge on any atom is 0.257 e. The van der Waals surface area contributed by atoms with Crippen LogP contribution in [0.25, 0.3) is 16.8 Å². The number of hydrogen-bond donors (Lipinski definition) is 1. The Kier molecular flexibility index (Phi) is 5.88. The molecule has 32 heavy (non-hydrogen) atoms. The molecule has 7 heteroatoms. The maximum atomic E-state index is 13.6. The smallest absolute Gasteiger partial charge is 0.257 e. The normalized spacial score (nSPS) is 10.8. The number of halogens is 2. The number of amides is 1. The van der Waals surface area contributed by atoms with E-state index in [0.29, 0.717) is 21.8 Å². The van der Waals surface area contributed by atoms with E-state index < -0.39 is 11.7 Å². The van der Waals surface area contributed by atoms with E-state index in [4.69, 9.17) is 11.6 Å². The van der Waals surface area contributed by atoms with Crippen molar-refractivity contribution in [2.24, 2.45) is 0 Å². The van der Waals surface area contributed by atoms with Gasteiger partial charge < -0.3 is 5.32 Å². The number of benzene rings is 3. The lowest BCUT2D eigenvalue weighted by molar-refractivity contribution is 0.102. The van der Waals surface area contributed by atoms with E-state index in [1.54, 1.807) is 43.3 Å². The monoisotopic (exact) mass is 447 g/mol. The van der Waals surface area contributed by atoms with Gasteiger partial charge in [0.25, 0.3) is 5.91 Å². The zero-order valence-electron chi connectivity index (χ0n) is 17.4. The first-order chi connectivity index (χ1) is 15.4. The summed E-state index contributed by atoms with van der Waals surface area (Å²) >= 11 is 6.42. The molecule has 0 aliphatic rings. The number of nitrogens with one attached hydrogen (secondary N) is 1. The first-order valence-corrected chi connectivity index (χ1v) is 10.3.